The number of aliphatic hydroxyl groups excluding tert-OH is 2. The van der Waals surface area contributed by atoms with Crippen molar-refractivity contribution >= 4 is 0 Å². The fourth-order valence-corrected chi connectivity index (χ4v) is 5.52. The summed E-state index contributed by atoms with van der Waals surface area (Å²) >= 11 is 0. The molecule has 43 heavy (non-hydrogen) atoms. The highest BCUT2D eigenvalue weighted by atomic mass is 16.6. The highest BCUT2D eigenvalue weighted by Gasteiger charge is 2.31. The second-order valence-corrected chi connectivity index (χ2v) is 10.9. The number of likely N-dealkylation sites (N-methyl/N-ethyl adjacent to an activating group) is 1. The Morgan fingerprint density at radius 1 is 1.09 bits per heavy atom. The van der Waals surface area contributed by atoms with Gasteiger partial charge in [0.05, 0.1) is 31.2 Å². The molecule has 0 spiro atoms. The lowest BCUT2D eigenvalue weighted by Gasteiger charge is -2.34. The van der Waals surface area contributed by atoms with Crippen LogP contribution >= 0.6 is 0 Å². The molecule has 1 fully saturated rings. The maximum atomic E-state index is 10.9. The normalized spacial score (nSPS) is 20.9. The van der Waals surface area contributed by atoms with Gasteiger partial charge in [-0.2, -0.15) is 0 Å². The van der Waals surface area contributed by atoms with Crippen LogP contribution in [0.1, 0.15) is 56.3 Å². The molecular weight excluding hydrogens is 554 g/mol. The van der Waals surface area contributed by atoms with Gasteiger partial charge in [-0.05, 0) is 85.7 Å². The molecule has 0 amide bonds. The van der Waals surface area contributed by atoms with Crippen LogP contribution in [0.25, 0.3) is 0 Å². The zero-order valence-corrected chi connectivity index (χ0v) is 24.9. The SMILES string of the molecule is CCNC(CCC1=CCNC(N)=C1)COc1cc(C2CC(O)CC(CCc3ccc(O)c(OCO)c3)O2)cc(OC)c1O. The van der Waals surface area contributed by atoms with Crippen LogP contribution in [0.4, 0.5) is 0 Å². The number of allylic oxidation sites excluding steroid dienone is 2. The minimum atomic E-state index is -0.563. The van der Waals surface area contributed by atoms with Crippen LogP contribution in [-0.4, -0.2) is 72.3 Å². The highest BCUT2D eigenvalue weighted by molar-refractivity contribution is 5.53. The molecule has 8 N–H and O–H groups in total. The summed E-state index contributed by atoms with van der Waals surface area (Å²) in [5, 5.41) is 47.1. The van der Waals surface area contributed by atoms with Crippen molar-refractivity contribution in [2.75, 3.05) is 33.6 Å². The van der Waals surface area contributed by atoms with Crippen LogP contribution in [0.3, 0.4) is 0 Å². The topological polar surface area (TPSA) is 168 Å². The van der Waals surface area contributed by atoms with Crippen LogP contribution in [0, 0.1) is 0 Å². The van der Waals surface area contributed by atoms with Gasteiger partial charge in [-0.3, -0.25) is 0 Å². The second-order valence-electron chi connectivity index (χ2n) is 10.9. The van der Waals surface area contributed by atoms with E-state index in [0.29, 0.717) is 43.9 Å². The molecule has 0 aliphatic carbocycles. The summed E-state index contributed by atoms with van der Waals surface area (Å²) in [6.07, 6.45) is 6.69. The number of nitrogens with one attached hydrogen (secondary N) is 2. The highest BCUT2D eigenvalue weighted by Crippen LogP contribution is 2.42. The largest absolute Gasteiger partial charge is 0.504 e. The summed E-state index contributed by atoms with van der Waals surface area (Å²) < 4.78 is 23.1. The molecule has 2 aliphatic heterocycles. The van der Waals surface area contributed by atoms with E-state index in [4.69, 9.17) is 29.8 Å². The van der Waals surface area contributed by atoms with Gasteiger partial charge in [0, 0.05) is 19.0 Å². The number of rotatable bonds is 15. The van der Waals surface area contributed by atoms with Crippen LogP contribution < -0.4 is 30.6 Å². The summed E-state index contributed by atoms with van der Waals surface area (Å²) in [4.78, 5) is 0. The Morgan fingerprint density at radius 3 is 2.65 bits per heavy atom. The molecule has 0 bridgehead atoms. The third-order valence-corrected chi connectivity index (χ3v) is 7.76. The van der Waals surface area contributed by atoms with Gasteiger partial charge in [0.2, 0.25) is 5.75 Å². The standard InChI is InChI=1S/C32H45N3O8/c1-3-34-23(7-4-21-10-11-35-31(33)13-21)18-41-30-15-22(14-29(40-2)32(30)39)27-17-24(37)16-25(43-27)8-5-20-6-9-26(38)28(12-20)42-19-36/h6,9-10,12-15,23-25,27,34-39H,3-5,7-8,11,16-19,33H2,1-2H3. The molecule has 236 valence electrons. The average molecular weight is 600 g/mol. The van der Waals surface area contributed by atoms with Crippen molar-refractivity contribution < 1.29 is 39.4 Å². The van der Waals surface area contributed by atoms with Crippen molar-refractivity contribution in [3.05, 3.63) is 65.0 Å². The molecule has 4 atom stereocenters. The summed E-state index contributed by atoms with van der Waals surface area (Å²) in [5.74, 6) is 1.32. The Morgan fingerprint density at radius 2 is 1.91 bits per heavy atom. The Kier molecular flexibility index (Phi) is 11.8. The van der Waals surface area contributed by atoms with Crippen LogP contribution in [0.2, 0.25) is 0 Å². The zero-order valence-electron chi connectivity index (χ0n) is 24.9. The van der Waals surface area contributed by atoms with Gasteiger partial charge in [-0.25, -0.2) is 0 Å². The minimum Gasteiger partial charge on any atom is -0.504 e. The smallest absolute Gasteiger partial charge is 0.200 e. The van der Waals surface area contributed by atoms with E-state index in [1.54, 1.807) is 24.3 Å². The Labute approximate surface area is 252 Å². The molecule has 11 heteroatoms. The molecule has 0 aromatic heterocycles. The lowest BCUT2D eigenvalue weighted by molar-refractivity contribution is -0.0999. The number of dihydropyridines is 1. The number of aryl methyl sites for hydroxylation is 1. The molecule has 2 aromatic rings. The van der Waals surface area contributed by atoms with E-state index in [9.17, 15) is 15.3 Å². The third-order valence-electron chi connectivity index (χ3n) is 7.76. The number of hydrogen-bond acceptors (Lipinski definition) is 11. The first-order chi connectivity index (χ1) is 20.8. The lowest BCUT2D eigenvalue weighted by Crippen LogP contribution is -2.35. The zero-order chi connectivity index (χ0) is 30.8. The predicted octanol–water partition coefficient (Wildman–Crippen LogP) is 3.12. The number of benzene rings is 2. The van der Waals surface area contributed by atoms with Crippen molar-refractivity contribution in [1.29, 1.82) is 0 Å². The summed E-state index contributed by atoms with van der Waals surface area (Å²) in [5.41, 5.74) is 8.75. The number of aliphatic hydroxyl groups is 2. The van der Waals surface area contributed by atoms with Crippen molar-refractivity contribution in [2.24, 2.45) is 5.73 Å². The number of ether oxygens (including phenoxy) is 4. The van der Waals surface area contributed by atoms with E-state index in [2.05, 4.69) is 16.7 Å². The first-order valence-corrected chi connectivity index (χ1v) is 14.9. The number of phenolic OH excluding ortho intramolecular Hbond substituents is 2. The van der Waals surface area contributed by atoms with Crippen molar-refractivity contribution in [2.45, 2.75) is 69.8 Å². The van der Waals surface area contributed by atoms with Gasteiger partial charge >= 0.3 is 0 Å². The predicted molar refractivity (Wildman–Crippen MR) is 162 cm³/mol. The summed E-state index contributed by atoms with van der Waals surface area (Å²) in [7, 11) is 1.49. The molecule has 11 nitrogen and oxygen atoms in total. The van der Waals surface area contributed by atoms with E-state index in [-0.39, 0.29) is 35.1 Å². The van der Waals surface area contributed by atoms with Gasteiger partial charge in [0.1, 0.15) is 6.61 Å². The quantitative estimate of drug-likeness (QED) is 0.150. The molecule has 4 unspecified atom stereocenters. The lowest BCUT2D eigenvalue weighted by atomic mass is 9.93. The first-order valence-electron chi connectivity index (χ1n) is 14.9. The first kappa shape index (κ1) is 32.3. The average Bonchev–Trinajstić information content (AvgIpc) is 2.99. The second kappa shape index (κ2) is 15.7. The summed E-state index contributed by atoms with van der Waals surface area (Å²) in [6, 6.07) is 8.54. The van der Waals surface area contributed by atoms with Gasteiger partial charge in [-0.1, -0.05) is 19.1 Å². The van der Waals surface area contributed by atoms with E-state index in [1.165, 1.54) is 18.7 Å². The van der Waals surface area contributed by atoms with Crippen molar-refractivity contribution in [1.82, 2.24) is 10.6 Å². The Hall–Kier alpha value is -3.64. The molecule has 2 aliphatic rings. The minimum absolute atomic E-state index is 0.0418. The Bertz CT molecular complexity index is 1270. The molecule has 2 heterocycles. The molecule has 4 rings (SSSR count). The van der Waals surface area contributed by atoms with Gasteiger partial charge in [0.15, 0.2) is 29.8 Å². The van der Waals surface area contributed by atoms with Gasteiger partial charge < -0.3 is 55.7 Å². The van der Waals surface area contributed by atoms with Crippen molar-refractivity contribution in [3.63, 3.8) is 0 Å². The van der Waals surface area contributed by atoms with Gasteiger partial charge in [0.25, 0.3) is 0 Å². The third kappa shape index (κ3) is 9.17. The molecular formula is C32H45N3O8. The van der Waals surface area contributed by atoms with Crippen molar-refractivity contribution in [3.8, 4) is 28.7 Å². The summed E-state index contributed by atoms with van der Waals surface area (Å²) in [6.45, 7) is 3.34. The van der Waals surface area contributed by atoms with Crippen LogP contribution in [-0.2, 0) is 11.2 Å². The molecule has 0 saturated carbocycles. The molecule has 1 saturated heterocycles. The van der Waals surface area contributed by atoms with Crippen LogP contribution in [0.5, 0.6) is 28.7 Å². The fourth-order valence-electron chi connectivity index (χ4n) is 5.52. The maximum Gasteiger partial charge on any atom is 0.200 e. The molecule has 2 aromatic carbocycles. The number of hydrogen-bond donors (Lipinski definition) is 7. The fraction of sp³-hybridized carbons (Fsp3) is 0.500. The monoisotopic (exact) mass is 599 g/mol. The number of methoxy groups -OCH3 is 1. The number of phenols is 2. The number of aromatic hydroxyl groups is 2. The van der Waals surface area contributed by atoms with Gasteiger partial charge in [-0.15, -0.1) is 0 Å². The maximum absolute atomic E-state index is 10.9. The van der Waals surface area contributed by atoms with E-state index < -0.39 is 19.0 Å². The van der Waals surface area contributed by atoms with E-state index in [1.807, 2.05) is 13.0 Å². The van der Waals surface area contributed by atoms with E-state index >= 15 is 0 Å². The Balaban J connectivity index is 1.42. The van der Waals surface area contributed by atoms with E-state index in [0.717, 1.165) is 37.1 Å². The number of nitrogens with two attached hydrogens (primary N) is 1. The molecule has 0 radical (unpaired) electrons. The van der Waals surface area contributed by atoms with Crippen LogP contribution in [0.15, 0.2) is 53.9 Å².